The van der Waals surface area contributed by atoms with E-state index in [1.807, 2.05) is 0 Å². The highest BCUT2D eigenvalue weighted by molar-refractivity contribution is 5.59. The van der Waals surface area contributed by atoms with Crippen molar-refractivity contribution >= 4 is 0 Å². The van der Waals surface area contributed by atoms with Crippen molar-refractivity contribution in [2.75, 3.05) is 13.3 Å². The Kier molecular flexibility index (Phi) is 1.91. The smallest absolute Gasteiger partial charge is 0.231 e. The average Bonchev–Trinajstić information content (AvgIpc) is 3.02. The van der Waals surface area contributed by atoms with Crippen molar-refractivity contribution < 1.29 is 9.47 Å². The third-order valence-electron chi connectivity index (χ3n) is 5.42. The van der Waals surface area contributed by atoms with Gasteiger partial charge in [-0.2, -0.15) is 0 Å². The molecule has 0 saturated carbocycles. The molecule has 0 radical (unpaired) electrons. The topological polar surface area (TPSA) is 21.7 Å². The number of hydrogen-bond donors (Lipinski definition) is 0. The molecule has 3 heteroatoms. The number of hydrogen-bond acceptors (Lipinski definition) is 3. The molecule has 102 valence electrons. The van der Waals surface area contributed by atoms with Crippen LogP contribution in [0.5, 0.6) is 11.5 Å². The summed E-state index contributed by atoms with van der Waals surface area (Å²) in [7, 11) is 0. The highest BCUT2D eigenvalue weighted by atomic mass is 16.7. The Morgan fingerprint density at radius 3 is 3.20 bits per heavy atom. The van der Waals surface area contributed by atoms with Gasteiger partial charge in [-0.3, -0.25) is 4.90 Å². The van der Waals surface area contributed by atoms with Gasteiger partial charge in [0, 0.05) is 30.1 Å². The van der Waals surface area contributed by atoms with Gasteiger partial charge >= 0.3 is 0 Å². The molecule has 1 aromatic rings. The van der Waals surface area contributed by atoms with Crippen LogP contribution in [-0.4, -0.2) is 24.3 Å². The van der Waals surface area contributed by atoms with E-state index < -0.39 is 0 Å². The lowest BCUT2D eigenvalue weighted by Crippen LogP contribution is -2.47. The first-order valence-corrected chi connectivity index (χ1v) is 7.31. The fraction of sp³-hybridized carbons (Fsp3) is 0.412. The third-order valence-corrected chi connectivity index (χ3v) is 5.42. The number of allylic oxidation sites excluding steroid dienone is 1. The van der Waals surface area contributed by atoms with E-state index in [1.54, 1.807) is 0 Å². The van der Waals surface area contributed by atoms with Crippen molar-refractivity contribution in [3.63, 3.8) is 0 Å². The lowest BCUT2D eigenvalue weighted by atomic mass is 9.66. The second kappa shape index (κ2) is 3.47. The van der Waals surface area contributed by atoms with Gasteiger partial charge in [-0.25, -0.2) is 0 Å². The van der Waals surface area contributed by atoms with Crippen molar-refractivity contribution in [2.45, 2.75) is 30.8 Å². The predicted octanol–water partition coefficient (Wildman–Crippen LogP) is 2.76. The van der Waals surface area contributed by atoms with Crippen molar-refractivity contribution in [1.29, 1.82) is 0 Å². The van der Waals surface area contributed by atoms with E-state index in [4.69, 9.17) is 9.47 Å². The summed E-state index contributed by atoms with van der Waals surface area (Å²) >= 11 is 0. The van der Waals surface area contributed by atoms with Crippen LogP contribution < -0.4 is 9.47 Å². The SMILES string of the molecule is C=C1C=C[C@]23CCN(Cc4c2ccc2c4OCO2)[C@H]3C1. The highest BCUT2D eigenvalue weighted by Crippen LogP contribution is 2.54. The molecular formula is C17H17NO2. The summed E-state index contributed by atoms with van der Waals surface area (Å²) in [6, 6.07) is 4.92. The van der Waals surface area contributed by atoms with E-state index in [1.165, 1.54) is 23.1 Å². The van der Waals surface area contributed by atoms with Gasteiger partial charge in [0.1, 0.15) is 0 Å². The summed E-state index contributed by atoms with van der Waals surface area (Å²) < 4.78 is 11.3. The minimum atomic E-state index is 0.162. The van der Waals surface area contributed by atoms with Crippen LogP contribution in [0.3, 0.4) is 0 Å². The van der Waals surface area contributed by atoms with E-state index in [0.717, 1.165) is 31.0 Å². The first-order valence-electron chi connectivity index (χ1n) is 7.31. The van der Waals surface area contributed by atoms with E-state index in [2.05, 4.69) is 35.8 Å². The Bertz CT molecular complexity index is 663. The second-order valence-corrected chi connectivity index (χ2v) is 6.30. The maximum atomic E-state index is 5.73. The average molecular weight is 267 g/mol. The predicted molar refractivity (Wildman–Crippen MR) is 76.0 cm³/mol. The Morgan fingerprint density at radius 2 is 2.25 bits per heavy atom. The van der Waals surface area contributed by atoms with Gasteiger partial charge in [0.25, 0.3) is 0 Å². The minimum absolute atomic E-state index is 0.162. The van der Waals surface area contributed by atoms with Crippen LogP contribution in [0, 0.1) is 0 Å². The van der Waals surface area contributed by atoms with E-state index in [0.29, 0.717) is 12.8 Å². The van der Waals surface area contributed by atoms with E-state index in [9.17, 15) is 0 Å². The largest absolute Gasteiger partial charge is 0.454 e. The fourth-order valence-electron chi connectivity index (χ4n) is 4.48. The van der Waals surface area contributed by atoms with Crippen LogP contribution >= 0.6 is 0 Å². The molecule has 3 atom stereocenters. The number of rotatable bonds is 0. The molecule has 1 aromatic carbocycles. The van der Waals surface area contributed by atoms with E-state index >= 15 is 0 Å². The van der Waals surface area contributed by atoms with Gasteiger partial charge in [0.05, 0.1) is 0 Å². The van der Waals surface area contributed by atoms with Crippen molar-refractivity contribution in [3.8, 4) is 11.5 Å². The molecule has 5 rings (SSSR count). The molecule has 2 bridgehead atoms. The monoisotopic (exact) mass is 267 g/mol. The summed E-state index contributed by atoms with van der Waals surface area (Å²) in [6.45, 7) is 6.65. The lowest BCUT2D eigenvalue weighted by molar-refractivity contribution is 0.166. The van der Waals surface area contributed by atoms with Crippen LogP contribution in [0.2, 0.25) is 0 Å². The molecule has 0 amide bonds. The molecule has 1 unspecified atom stereocenters. The molecule has 0 aromatic heterocycles. The van der Waals surface area contributed by atoms with Gasteiger partial charge in [-0.05, 0) is 24.5 Å². The zero-order valence-electron chi connectivity index (χ0n) is 11.4. The van der Waals surface area contributed by atoms with Gasteiger partial charge < -0.3 is 9.47 Å². The highest BCUT2D eigenvalue weighted by Gasteiger charge is 2.53. The number of fused-ring (bicyclic) bond motifs is 3. The summed E-state index contributed by atoms with van der Waals surface area (Å²) in [5.74, 6) is 1.88. The van der Waals surface area contributed by atoms with Gasteiger partial charge in [0.15, 0.2) is 11.5 Å². The maximum absolute atomic E-state index is 5.73. The van der Waals surface area contributed by atoms with Crippen molar-refractivity contribution in [2.24, 2.45) is 0 Å². The zero-order chi connectivity index (χ0) is 13.3. The Hall–Kier alpha value is -1.74. The summed E-state index contributed by atoms with van der Waals surface area (Å²) in [5, 5.41) is 0. The third kappa shape index (κ3) is 1.15. The molecule has 4 aliphatic rings. The molecule has 3 heterocycles. The molecule has 3 nitrogen and oxygen atoms in total. The molecular weight excluding hydrogens is 250 g/mol. The summed E-state index contributed by atoms with van der Waals surface area (Å²) in [6.07, 6.45) is 6.90. The Morgan fingerprint density at radius 1 is 1.30 bits per heavy atom. The Labute approximate surface area is 118 Å². The molecule has 1 aliphatic carbocycles. The lowest BCUT2D eigenvalue weighted by Gasteiger charge is -2.44. The van der Waals surface area contributed by atoms with Crippen LogP contribution in [-0.2, 0) is 12.0 Å². The fourth-order valence-corrected chi connectivity index (χ4v) is 4.48. The van der Waals surface area contributed by atoms with Crippen LogP contribution in [0.4, 0.5) is 0 Å². The second-order valence-electron chi connectivity index (χ2n) is 6.30. The molecule has 20 heavy (non-hydrogen) atoms. The minimum Gasteiger partial charge on any atom is -0.454 e. The van der Waals surface area contributed by atoms with Gasteiger partial charge in [-0.15, -0.1) is 0 Å². The molecule has 1 saturated heterocycles. The maximum Gasteiger partial charge on any atom is 0.231 e. The first-order chi connectivity index (χ1) is 9.78. The molecule has 3 aliphatic heterocycles. The normalized spacial score (nSPS) is 35.9. The number of nitrogens with zero attached hydrogens (tertiary/aromatic N) is 1. The van der Waals surface area contributed by atoms with Gasteiger partial charge in [0.2, 0.25) is 6.79 Å². The first kappa shape index (κ1) is 11.0. The van der Waals surface area contributed by atoms with Crippen molar-refractivity contribution in [3.05, 3.63) is 47.6 Å². The standard InChI is InChI=1S/C17H17NO2/c1-11-4-5-17-6-7-18(15(17)8-11)9-12-13(17)2-3-14-16(12)20-10-19-14/h2-5,15H,1,6-10H2/t15-,17-/m0/s1. The number of benzene rings is 1. The zero-order valence-corrected chi connectivity index (χ0v) is 11.4. The quantitative estimate of drug-likeness (QED) is 0.721. The summed E-state index contributed by atoms with van der Waals surface area (Å²) in [5.41, 5.74) is 4.20. The van der Waals surface area contributed by atoms with Gasteiger partial charge in [-0.1, -0.05) is 30.4 Å². The Balaban J connectivity index is 1.77. The van der Waals surface area contributed by atoms with E-state index in [-0.39, 0.29) is 5.41 Å². The van der Waals surface area contributed by atoms with Crippen molar-refractivity contribution in [1.82, 2.24) is 4.90 Å². The van der Waals surface area contributed by atoms with Crippen LogP contribution in [0.1, 0.15) is 24.0 Å². The van der Waals surface area contributed by atoms with Crippen LogP contribution in [0.25, 0.3) is 0 Å². The molecule has 1 fully saturated rings. The molecule has 0 N–H and O–H groups in total. The number of ether oxygens (including phenoxy) is 2. The molecule has 0 spiro atoms. The summed E-state index contributed by atoms with van der Waals surface area (Å²) in [4.78, 5) is 2.60. The van der Waals surface area contributed by atoms with Crippen LogP contribution in [0.15, 0.2) is 36.4 Å².